The molecule has 0 saturated carbocycles. The maximum atomic E-state index is 12.8. The fourth-order valence-corrected chi connectivity index (χ4v) is 3.20. The number of benzene rings is 2. The van der Waals surface area contributed by atoms with Gasteiger partial charge in [0.05, 0.1) is 6.04 Å². The smallest absolute Gasteiger partial charge is 0.325 e. The Morgan fingerprint density at radius 1 is 1.15 bits per heavy atom. The average molecular weight is 386 g/mol. The van der Waals surface area contributed by atoms with Crippen molar-refractivity contribution in [1.82, 2.24) is 15.5 Å². The van der Waals surface area contributed by atoms with Gasteiger partial charge in [0.25, 0.3) is 5.91 Å². The van der Waals surface area contributed by atoms with E-state index in [2.05, 4.69) is 10.6 Å². The van der Waals surface area contributed by atoms with Gasteiger partial charge >= 0.3 is 6.03 Å². The molecule has 140 valence electrons. The quantitative estimate of drug-likeness (QED) is 0.776. The van der Waals surface area contributed by atoms with Gasteiger partial charge in [0.15, 0.2) is 0 Å². The highest BCUT2D eigenvalue weighted by Gasteiger charge is 2.49. The number of imide groups is 1. The number of nitrogens with zero attached hydrogens (tertiary/aromatic N) is 1. The first kappa shape index (κ1) is 18.9. The summed E-state index contributed by atoms with van der Waals surface area (Å²) in [4.78, 5) is 38.5. The molecular weight excluding hydrogens is 366 g/mol. The maximum Gasteiger partial charge on any atom is 0.325 e. The summed E-state index contributed by atoms with van der Waals surface area (Å²) in [5.41, 5.74) is 0.312. The zero-order valence-corrected chi connectivity index (χ0v) is 15.8. The van der Waals surface area contributed by atoms with E-state index < -0.39 is 23.4 Å². The van der Waals surface area contributed by atoms with Crippen molar-refractivity contribution in [3.05, 3.63) is 70.7 Å². The van der Waals surface area contributed by atoms with Crippen LogP contribution in [0.1, 0.15) is 31.0 Å². The van der Waals surface area contributed by atoms with E-state index in [1.807, 2.05) is 37.3 Å². The van der Waals surface area contributed by atoms with Crippen LogP contribution in [0.25, 0.3) is 0 Å². The Morgan fingerprint density at radius 2 is 1.78 bits per heavy atom. The normalized spacial score (nSPS) is 20.3. The van der Waals surface area contributed by atoms with Crippen LogP contribution in [0.4, 0.5) is 4.79 Å². The van der Waals surface area contributed by atoms with Crippen molar-refractivity contribution in [2.75, 3.05) is 6.54 Å². The minimum absolute atomic E-state index is 0.234. The number of urea groups is 1. The van der Waals surface area contributed by atoms with E-state index in [9.17, 15) is 14.4 Å². The van der Waals surface area contributed by atoms with E-state index in [-0.39, 0.29) is 12.6 Å². The summed E-state index contributed by atoms with van der Waals surface area (Å²) in [7, 11) is 0. The van der Waals surface area contributed by atoms with Crippen molar-refractivity contribution in [1.29, 1.82) is 0 Å². The van der Waals surface area contributed by atoms with Crippen molar-refractivity contribution in [3.8, 4) is 0 Å². The lowest BCUT2D eigenvalue weighted by atomic mass is 9.92. The molecule has 6 nitrogen and oxygen atoms in total. The second-order valence-corrected chi connectivity index (χ2v) is 7.09. The number of rotatable bonds is 5. The molecule has 1 aliphatic heterocycles. The van der Waals surface area contributed by atoms with E-state index in [0.717, 1.165) is 10.5 Å². The number of nitrogens with one attached hydrogen (secondary N) is 2. The first-order valence-electron chi connectivity index (χ1n) is 8.56. The fraction of sp³-hybridized carbons (Fsp3) is 0.250. The summed E-state index contributed by atoms with van der Waals surface area (Å²) in [6.45, 7) is 3.11. The number of carbonyl (C=O) groups excluding carboxylic acids is 3. The Morgan fingerprint density at radius 3 is 2.41 bits per heavy atom. The lowest BCUT2D eigenvalue weighted by Gasteiger charge is -2.22. The maximum absolute atomic E-state index is 12.8. The molecular formula is C20H20ClN3O3. The lowest BCUT2D eigenvalue weighted by molar-refractivity contribution is -0.135. The molecule has 0 bridgehead atoms. The number of hydrogen-bond donors (Lipinski definition) is 2. The zero-order chi connectivity index (χ0) is 19.6. The molecule has 2 N–H and O–H groups in total. The second kappa shape index (κ2) is 7.40. The van der Waals surface area contributed by atoms with Gasteiger partial charge in [-0.15, -0.1) is 0 Å². The van der Waals surface area contributed by atoms with E-state index in [0.29, 0.717) is 10.6 Å². The summed E-state index contributed by atoms with van der Waals surface area (Å²) in [5, 5.41) is 6.01. The standard InChI is InChI=1S/C20H20ClN3O3/c1-13(14-6-4-3-5-7-14)22-17(25)12-24-18(26)20(2,23-19(24)27)15-8-10-16(21)11-9-15/h3-11,13H,12H2,1-2H3,(H,22,25)(H,23,27)/t13-,20-/m1/s1. The van der Waals surface area contributed by atoms with Gasteiger partial charge in [0.1, 0.15) is 12.1 Å². The van der Waals surface area contributed by atoms with Gasteiger partial charge < -0.3 is 10.6 Å². The molecule has 0 unspecified atom stereocenters. The van der Waals surface area contributed by atoms with E-state index in [1.165, 1.54) is 0 Å². The van der Waals surface area contributed by atoms with Gasteiger partial charge in [-0.2, -0.15) is 0 Å². The number of carbonyl (C=O) groups is 3. The van der Waals surface area contributed by atoms with Gasteiger partial charge in [-0.25, -0.2) is 4.79 Å². The highest BCUT2D eigenvalue weighted by Crippen LogP contribution is 2.29. The predicted octanol–water partition coefficient (Wildman–Crippen LogP) is 2.98. The predicted molar refractivity (Wildman–Crippen MR) is 102 cm³/mol. The third kappa shape index (κ3) is 3.80. The molecule has 0 spiro atoms. The molecule has 7 heteroatoms. The largest absolute Gasteiger partial charge is 0.348 e. The van der Waals surface area contributed by atoms with Gasteiger partial charge in [0.2, 0.25) is 5.91 Å². The Labute approximate surface area is 162 Å². The molecule has 2 atom stereocenters. The third-order valence-corrected chi connectivity index (χ3v) is 4.93. The lowest BCUT2D eigenvalue weighted by Crippen LogP contribution is -2.43. The molecule has 0 radical (unpaired) electrons. The van der Waals surface area contributed by atoms with Crippen molar-refractivity contribution in [2.45, 2.75) is 25.4 Å². The molecule has 1 aliphatic rings. The fourth-order valence-electron chi connectivity index (χ4n) is 3.08. The summed E-state index contributed by atoms with van der Waals surface area (Å²) >= 11 is 5.89. The van der Waals surface area contributed by atoms with Crippen molar-refractivity contribution in [2.24, 2.45) is 0 Å². The minimum Gasteiger partial charge on any atom is -0.348 e. The summed E-state index contributed by atoms with van der Waals surface area (Å²) in [6, 6.07) is 15.3. The van der Waals surface area contributed by atoms with Crippen LogP contribution in [0.15, 0.2) is 54.6 Å². The molecule has 1 saturated heterocycles. The molecule has 0 aromatic heterocycles. The van der Waals surface area contributed by atoms with Gasteiger partial charge in [-0.1, -0.05) is 54.1 Å². The van der Waals surface area contributed by atoms with Gasteiger partial charge in [-0.3, -0.25) is 14.5 Å². The van der Waals surface area contributed by atoms with E-state index >= 15 is 0 Å². The monoisotopic (exact) mass is 385 g/mol. The molecule has 1 fully saturated rings. The molecule has 2 aromatic rings. The van der Waals surface area contributed by atoms with Crippen LogP contribution in [0.3, 0.4) is 0 Å². The van der Waals surface area contributed by atoms with Crippen molar-refractivity contribution < 1.29 is 14.4 Å². The number of hydrogen-bond acceptors (Lipinski definition) is 3. The summed E-state index contributed by atoms with van der Waals surface area (Å²) in [5.74, 6) is -0.882. The van der Waals surface area contributed by atoms with Gasteiger partial charge in [0, 0.05) is 5.02 Å². The zero-order valence-electron chi connectivity index (χ0n) is 15.0. The first-order chi connectivity index (χ1) is 12.8. The summed E-state index contributed by atoms with van der Waals surface area (Å²) in [6.07, 6.45) is 0. The van der Waals surface area contributed by atoms with Crippen LogP contribution < -0.4 is 10.6 Å². The van der Waals surface area contributed by atoms with Gasteiger partial charge in [-0.05, 0) is 37.1 Å². The molecule has 1 heterocycles. The highest BCUT2D eigenvalue weighted by molar-refractivity contribution is 6.30. The number of amides is 4. The molecule has 2 aromatic carbocycles. The van der Waals surface area contributed by atoms with Crippen molar-refractivity contribution in [3.63, 3.8) is 0 Å². The average Bonchev–Trinajstić information content (AvgIpc) is 2.87. The minimum atomic E-state index is -1.23. The van der Waals surface area contributed by atoms with Crippen LogP contribution in [0.2, 0.25) is 5.02 Å². The Hall–Kier alpha value is -2.86. The van der Waals surface area contributed by atoms with E-state index in [4.69, 9.17) is 11.6 Å². The third-order valence-electron chi connectivity index (χ3n) is 4.68. The summed E-state index contributed by atoms with van der Waals surface area (Å²) < 4.78 is 0. The first-order valence-corrected chi connectivity index (χ1v) is 8.93. The topological polar surface area (TPSA) is 78.5 Å². The molecule has 0 aliphatic carbocycles. The van der Waals surface area contributed by atoms with E-state index in [1.54, 1.807) is 31.2 Å². The van der Waals surface area contributed by atoms with Crippen LogP contribution in [0, 0.1) is 0 Å². The molecule has 3 rings (SSSR count). The van der Waals surface area contributed by atoms with Crippen LogP contribution in [0.5, 0.6) is 0 Å². The number of halogens is 1. The Bertz CT molecular complexity index is 870. The SMILES string of the molecule is C[C@@H](NC(=O)CN1C(=O)N[C@](C)(c2ccc(Cl)cc2)C1=O)c1ccccc1. The van der Waals surface area contributed by atoms with Crippen LogP contribution >= 0.6 is 11.6 Å². The Balaban J connectivity index is 1.70. The molecule has 4 amide bonds. The second-order valence-electron chi connectivity index (χ2n) is 6.65. The van der Waals surface area contributed by atoms with Crippen molar-refractivity contribution >= 4 is 29.4 Å². The Kier molecular flexibility index (Phi) is 5.19. The highest BCUT2D eigenvalue weighted by atomic mass is 35.5. The van der Waals surface area contributed by atoms with Crippen LogP contribution in [-0.2, 0) is 15.1 Å². The van der Waals surface area contributed by atoms with Crippen LogP contribution in [-0.4, -0.2) is 29.3 Å². The molecule has 27 heavy (non-hydrogen) atoms.